The van der Waals surface area contributed by atoms with Crippen LogP contribution in [0.15, 0.2) is 0 Å². The molecule has 43 valence electrons. The van der Waals surface area contributed by atoms with Gasteiger partial charge in [-0.2, -0.15) is 5.10 Å². The smallest absolute Gasteiger partial charge is 0.127 e. The molecule has 0 N–H and O–H groups in total. The van der Waals surface area contributed by atoms with Gasteiger partial charge in [-0.15, -0.1) is 0 Å². The van der Waals surface area contributed by atoms with E-state index in [-0.39, 0.29) is 0 Å². The molecule has 1 heterocycles. The molecule has 1 rings (SSSR count). The standard InChI is InChI=1S/C5H6IN2/c1-4-5(6)3-7-8(4)2/h1-2H3. The molecule has 3 heteroatoms. The molecule has 2 nitrogen and oxygen atoms in total. The van der Waals surface area contributed by atoms with E-state index in [9.17, 15) is 0 Å². The topological polar surface area (TPSA) is 17.8 Å². The van der Waals surface area contributed by atoms with Crippen LogP contribution in [0.2, 0.25) is 0 Å². The quantitative estimate of drug-likeness (QED) is 0.600. The summed E-state index contributed by atoms with van der Waals surface area (Å²) < 4.78 is 2.91. The molecule has 0 aliphatic carbocycles. The lowest BCUT2D eigenvalue weighted by Crippen LogP contribution is -1.91. The van der Waals surface area contributed by atoms with Crippen LogP contribution in [0.4, 0.5) is 0 Å². The molecule has 0 aliphatic rings. The Balaban J connectivity index is 3.19. The van der Waals surface area contributed by atoms with Crippen molar-refractivity contribution in [2.75, 3.05) is 0 Å². The summed E-state index contributed by atoms with van der Waals surface area (Å²) in [4.78, 5) is 0. The fourth-order valence-corrected chi connectivity index (χ4v) is 0.874. The van der Waals surface area contributed by atoms with Crippen LogP contribution in [-0.4, -0.2) is 9.78 Å². The Morgan fingerprint density at radius 1 is 1.75 bits per heavy atom. The molecule has 1 radical (unpaired) electrons. The Bertz CT molecular complexity index is 173. The van der Waals surface area contributed by atoms with Gasteiger partial charge in [-0.1, -0.05) is 0 Å². The highest BCUT2D eigenvalue weighted by molar-refractivity contribution is 14.1. The van der Waals surface area contributed by atoms with E-state index in [0.717, 1.165) is 3.57 Å². The van der Waals surface area contributed by atoms with Crippen LogP contribution in [0.25, 0.3) is 0 Å². The Morgan fingerprint density at radius 2 is 2.38 bits per heavy atom. The van der Waals surface area contributed by atoms with Gasteiger partial charge < -0.3 is 0 Å². The van der Waals surface area contributed by atoms with Crippen LogP contribution in [0, 0.1) is 16.7 Å². The number of aromatic nitrogens is 2. The predicted octanol–water partition coefficient (Wildman–Crippen LogP) is 1.13. The normalized spacial score (nSPS) is 9.88. The molecule has 8 heavy (non-hydrogen) atoms. The van der Waals surface area contributed by atoms with Gasteiger partial charge in [0.05, 0.1) is 3.57 Å². The van der Waals surface area contributed by atoms with Crippen LogP contribution in [0.5, 0.6) is 0 Å². The summed E-state index contributed by atoms with van der Waals surface area (Å²) in [6.45, 7) is 2.02. The van der Waals surface area contributed by atoms with Gasteiger partial charge in [0, 0.05) is 12.7 Å². The monoisotopic (exact) mass is 221 g/mol. The van der Waals surface area contributed by atoms with E-state index in [2.05, 4.69) is 33.9 Å². The highest BCUT2D eigenvalue weighted by Crippen LogP contribution is 2.06. The third kappa shape index (κ3) is 0.866. The number of nitrogens with zero attached hydrogens (tertiary/aromatic N) is 2. The fourth-order valence-electron chi connectivity index (χ4n) is 0.417. The minimum Gasteiger partial charge on any atom is -0.271 e. The molecule has 0 saturated carbocycles. The van der Waals surface area contributed by atoms with E-state index in [4.69, 9.17) is 0 Å². The largest absolute Gasteiger partial charge is 0.271 e. The lowest BCUT2D eigenvalue weighted by atomic mass is 10.5. The van der Waals surface area contributed by atoms with Crippen molar-refractivity contribution in [3.8, 4) is 0 Å². The third-order valence-electron chi connectivity index (χ3n) is 1.10. The molecular formula is C5H6IN2. The van der Waals surface area contributed by atoms with Gasteiger partial charge >= 0.3 is 0 Å². The summed E-state index contributed by atoms with van der Waals surface area (Å²) in [5.41, 5.74) is 1.17. The number of hydrogen-bond donors (Lipinski definition) is 0. The lowest BCUT2D eigenvalue weighted by Gasteiger charge is -1.89. The van der Waals surface area contributed by atoms with E-state index in [0.29, 0.717) is 0 Å². The van der Waals surface area contributed by atoms with Crippen LogP contribution in [0.3, 0.4) is 0 Å². The van der Waals surface area contributed by atoms with E-state index in [1.807, 2.05) is 18.7 Å². The van der Waals surface area contributed by atoms with Crippen molar-refractivity contribution in [2.24, 2.45) is 7.05 Å². The van der Waals surface area contributed by atoms with E-state index < -0.39 is 0 Å². The maximum Gasteiger partial charge on any atom is 0.127 e. The zero-order chi connectivity index (χ0) is 6.15. The first kappa shape index (κ1) is 6.07. The zero-order valence-corrected chi connectivity index (χ0v) is 6.93. The van der Waals surface area contributed by atoms with Crippen molar-refractivity contribution in [1.29, 1.82) is 0 Å². The van der Waals surface area contributed by atoms with E-state index in [1.165, 1.54) is 5.69 Å². The minimum absolute atomic E-state index is 1.10. The van der Waals surface area contributed by atoms with Gasteiger partial charge in [0.25, 0.3) is 0 Å². The van der Waals surface area contributed by atoms with Crippen LogP contribution in [-0.2, 0) is 7.05 Å². The van der Waals surface area contributed by atoms with Gasteiger partial charge in [0.2, 0.25) is 0 Å². The first-order valence-electron chi connectivity index (χ1n) is 2.28. The Hall–Kier alpha value is -0.0600. The SMILES string of the molecule is Cc1c(I)[c]nn1C. The van der Waals surface area contributed by atoms with Crippen molar-refractivity contribution in [3.05, 3.63) is 15.5 Å². The molecule has 0 atom stereocenters. The molecule has 0 unspecified atom stereocenters. The molecule has 0 spiro atoms. The molecule has 1 aromatic rings. The first-order valence-corrected chi connectivity index (χ1v) is 3.36. The summed E-state index contributed by atoms with van der Waals surface area (Å²) in [6, 6.07) is 0. The Labute approximate surface area is 62.0 Å². The number of rotatable bonds is 0. The maximum absolute atomic E-state index is 3.90. The highest BCUT2D eigenvalue weighted by Gasteiger charge is 1.96. The number of hydrogen-bond acceptors (Lipinski definition) is 1. The Kier molecular flexibility index (Phi) is 1.55. The van der Waals surface area contributed by atoms with Crippen molar-refractivity contribution in [2.45, 2.75) is 6.92 Å². The zero-order valence-electron chi connectivity index (χ0n) is 4.77. The molecular weight excluding hydrogens is 215 g/mol. The van der Waals surface area contributed by atoms with E-state index >= 15 is 0 Å². The molecule has 0 amide bonds. The summed E-state index contributed by atoms with van der Waals surface area (Å²) in [7, 11) is 1.91. The summed E-state index contributed by atoms with van der Waals surface area (Å²) in [5.74, 6) is 0. The summed E-state index contributed by atoms with van der Waals surface area (Å²) >= 11 is 2.21. The van der Waals surface area contributed by atoms with Crippen LogP contribution < -0.4 is 0 Å². The maximum atomic E-state index is 3.90. The number of aryl methyl sites for hydroxylation is 1. The molecule has 1 aromatic heterocycles. The van der Waals surface area contributed by atoms with Gasteiger partial charge in [-0.05, 0) is 29.5 Å². The predicted molar refractivity (Wildman–Crippen MR) is 39.5 cm³/mol. The molecule has 0 fully saturated rings. The highest BCUT2D eigenvalue weighted by atomic mass is 127. The van der Waals surface area contributed by atoms with Crippen LogP contribution in [0.1, 0.15) is 5.69 Å². The number of halogens is 1. The average Bonchev–Trinajstić information content (AvgIpc) is 1.98. The Morgan fingerprint density at radius 3 is 2.50 bits per heavy atom. The van der Waals surface area contributed by atoms with Crippen molar-refractivity contribution < 1.29 is 0 Å². The van der Waals surface area contributed by atoms with E-state index in [1.54, 1.807) is 0 Å². The third-order valence-corrected chi connectivity index (χ3v) is 2.12. The molecule has 0 aromatic carbocycles. The van der Waals surface area contributed by atoms with Gasteiger partial charge in [0.1, 0.15) is 6.20 Å². The first-order chi connectivity index (χ1) is 3.72. The second-order valence-corrected chi connectivity index (χ2v) is 2.71. The van der Waals surface area contributed by atoms with Gasteiger partial charge in [-0.3, -0.25) is 4.68 Å². The van der Waals surface area contributed by atoms with Crippen molar-refractivity contribution >= 4 is 22.6 Å². The molecule has 0 bridgehead atoms. The van der Waals surface area contributed by atoms with Crippen LogP contribution >= 0.6 is 22.6 Å². The molecule has 0 saturated heterocycles. The second-order valence-electron chi connectivity index (χ2n) is 1.63. The lowest BCUT2D eigenvalue weighted by molar-refractivity contribution is 0.737. The fraction of sp³-hybridized carbons (Fsp3) is 0.400. The van der Waals surface area contributed by atoms with Crippen molar-refractivity contribution in [1.82, 2.24) is 9.78 Å². The summed E-state index contributed by atoms with van der Waals surface area (Å²) in [5, 5.41) is 3.90. The van der Waals surface area contributed by atoms with Gasteiger partial charge in [-0.25, -0.2) is 0 Å². The van der Waals surface area contributed by atoms with Crippen molar-refractivity contribution in [3.63, 3.8) is 0 Å². The second kappa shape index (κ2) is 2.05. The average molecular weight is 221 g/mol. The van der Waals surface area contributed by atoms with Gasteiger partial charge in [0.15, 0.2) is 0 Å². The molecule has 0 aliphatic heterocycles. The summed E-state index contributed by atoms with van der Waals surface area (Å²) in [6.07, 6.45) is 2.84. The minimum atomic E-state index is 1.10.